The lowest BCUT2D eigenvalue weighted by Gasteiger charge is -2.34. The molecule has 2 aliphatic rings. The second-order valence-corrected chi connectivity index (χ2v) is 5.99. The van der Waals surface area contributed by atoms with Gasteiger partial charge in [-0.2, -0.15) is 13.2 Å². The zero-order valence-electron chi connectivity index (χ0n) is 12.5. The van der Waals surface area contributed by atoms with Crippen molar-refractivity contribution < 1.29 is 22.8 Å². The summed E-state index contributed by atoms with van der Waals surface area (Å²) in [6.07, 6.45) is -3.56. The Balaban J connectivity index is 1.61. The standard InChI is InChI=1S/C16H17F3N2O2/c17-16(18,19)11-4-3-7-20(10-11)8-9-21-14(22)12-5-1-2-6-13(12)15(21)23/h1-2,5-6,11H,3-4,7-10H2/t11-/m1/s1. The Hall–Kier alpha value is -1.89. The first-order chi connectivity index (χ1) is 10.9. The number of alkyl halides is 3. The first-order valence-electron chi connectivity index (χ1n) is 7.62. The second kappa shape index (κ2) is 5.96. The summed E-state index contributed by atoms with van der Waals surface area (Å²) in [5.41, 5.74) is 0.730. The van der Waals surface area contributed by atoms with Crippen molar-refractivity contribution in [1.82, 2.24) is 9.80 Å². The Bertz CT molecular complexity index is 595. The lowest BCUT2D eigenvalue weighted by molar-refractivity contribution is -0.186. The first kappa shape index (κ1) is 16.0. The Morgan fingerprint density at radius 3 is 2.22 bits per heavy atom. The molecule has 0 aromatic heterocycles. The van der Waals surface area contributed by atoms with Crippen LogP contribution in [0, 0.1) is 5.92 Å². The van der Waals surface area contributed by atoms with Crippen molar-refractivity contribution in [3.63, 3.8) is 0 Å². The summed E-state index contributed by atoms with van der Waals surface area (Å²) >= 11 is 0. The van der Waals surface area contributed by atoms with Gasteiger partial charge < -0.3 is 4.90 Å². The van der Waals surface area contributed by atoms with Crippen LogP contribution >= 0.6 is 0 Å². The molecule has 2 amide bonds. The van der Waals surface area contributed by atoms with E-state index in [1.54, 1.807) is 29.2 Å². The van der Waals surface area contributed by atoms with Gasteiger partial charge >= 0.3 is 6.18 Å². The molecule has 0 saturated carbocycles. The number of piperidine rings is 1. The molecule has 0 radical (unpaired) electrons. The Morgan fingerprint density at radius 2 is 1.65 bits per heavy atom. The predicted molar refractivity (Wildman–Crippen MR) is 77.0 cm³/mol. The molecular formula is C16H17F3N2O2. The molecule has 1 aromatic carbocycles. The van der Waals surface area contributed by atoms with Gasteiger partial charge in [-0.3, -0.25) is 14.5 Å². The number of hydrogen-bond donors (Lipinski definition) is 0. The van der Waals surface area contributed by atoms with Gasteiger partial charge in [0.25, 0.3) is 11.8 Å². The lowest BCUT2D eigenvalue weighted by Crippen LogP contribution is -2.45. The minimum absolute atomic E-state index is 0.0628. The Kier molecular flexibility index (Phi) is 4.14. The SMILES string of the molecule is O=C1c2ccccc2C(=O)N1CCN1CCC[C@@H](C(F)(F)F)C1. The van der Waals surface area contributed by atoms with Gasteiger partial charge in [-0.25, -0.2) is 0 Å². The van der Waals surface area contributed by atoms with E-state index in [4.69, 9.17) is 0 Å². The van der Waals surface area contributed by atoms with Gasteiger partial charge in [0.15, 0.2) is 0 Å². The van der Waals surface area contributed by atoms with Crippen LogP contribution in [0.3, 0.4) is 0 Å². The van der Waals surface area contributed by atoms with Gasteiger partial charge in [0, 0.05) is 19.6 Å². The second-order valence-electron chi connectivity index (χ2n) is 5.99. The molecule has 1 atom stereocenters. The van der Waals surface area contributed by atoms with E-state index in [1.807, 2.05) is 0 Å². The largest absolute Gasteiger partial charge is 0.393 e. The normalized spacial score (nSPS) is 22.6. The van der Waals surface area contributed by atoms with Crippen molar-refractivity contribution >= 4 is 11.8 Å². The highest BCUT2D eigenvalue weighted by atomic mass is 19.4. The van der Waals surface area contributed by atoms with E-state index >= 15 is 0 Å². The van der Waals surface area contributed by atoms with E-state index in [0.717, 1.165) is 4.90 Å². The van der Waals surface area contributed by atoms with Crippen molar-refractivity contribution in [3.8, 4) is 0 Å². The van der Waals surface area contributed by atoms with E-state index < -0.39 is 12.1 Å². The summed E-state index contributed by atoms with van der Waals surface area (Å²) in [6.45, 7) is 0.900. The molecule has 0 aliphatic carbocycles. The molecule has 3 rings (SSSR count). The van der Waals surface area contributed by atoms with Crippen LogP contribution in [-0.2, 0) is 0 Å². The molecule has 1 saturated heterocycles. The van der Waals surface area contributed by atoms with Crippen LogP contribution in [0.2, 0.25) is 0 Å². The molecular weight excluding hydrogens is 309 g/mol. The number of likely N-dealkylation sites (tertiary alicyclic amines) is 1. The lowest BCUT2D eigenvalue weighted by atomic mass is 9.97. The zero-order chi connectivity index (χ0) is 16.6. The molecule has 1 aromatic rings. The topological polar surface area (TPSA) is 40.6 Å². The molecule has 2 heterocycles. The van der Waals surface area contributed by atoms with Gasteiger partial charge in [-0.05, 0) is 31.5 Å². The van der Waals surface area contributed by atoms with Gasteiger partial charge in [0.1, 0.15) is 0 Å². The number of carbonyl (C=O) groups is 2. The number of nitrogens with zero attached hydrogens (tertiary/aromatic N) is 2. The van der Waals surface area contributed by atoms with Crippen molar-refractivity contribution in [1.29, 1.82) is 0 Å². The average molecular weight is 326 g/mol. The molecule has 124 valence electrons. The fourth-order valence-corrected chi connectivity index (χ4v) is 3.21. The molecule has 0 bridgehead atoms. The fraction of sp³-hybridized carbons (Fsp3) is 0.500. The number of hydrogen-bond acceptors (Lipinski definition) is 3. The van der Waals surface area contributed by atoms with Crippen molar-refractivity contribution in [2.75, 3.05) is 26.2 Å². The van der Waals surface area contributed by atoms with E-state index in [1.165, 1.54) is 0 Å². The quantitative estimate of drug-likeness (QED) is 0.802. The molecule has 0 unspecified atom stereocenters. The number of imide groups is 1. The van der Waals surface area contributed by atoms with E-state index in [0.29, 0.717) is 24.1 Å². The first-order valence-corrected chi connectivity index (χ1v) is 7.62. The van der Waals surface area contributed by atoms with Crippen molar-refractivity contribution in [3.05, 3.63) is 35.4 Å². The smallest absolute Gasteiger partial charge is 0.301 e. The van der Waals surface area contributed by atoms with Gasteiger partial charge in [-0.1, -0.05) is 12.1 Å². The van der Waals surface area contributed by atoms with Crippen molar-refractivity contribution in [2.45, 2.75) is 19.0 Å². The average Bonchev–Trinajstić information content (AvgIpc) is 2.77. The Labute approximate surface area is 131 Å². The number of fused-ring (bicyclic) bond motifs is 1. The van der Waals surface area contributed by atoms with Crippen LogP contribution in [0.5, 0.6) is 0 Å². The van der Waals surface area contributed by atoms with E-state index in [-0.39, 0.29) is 37.9 Å². The monoisotopic (exact) mass is 326 g/mol. The molecule has 4 nitrogen and oxygen atoms in total. The number of rotatable bonds is 3. The number of benzene rings is 1. The van der Waals surface area contributed by atoms with Crippen molar-refractivity contribution in [2.24, 2.45) is 5.92 Å². The molecule has 7 heteroatoms. The minimum Gasteiger partial charge on any atom is -0.301 e. The summed E-state index contributed by atoms with van der Waals surface area (Å²) in [6, 6.07) is 6.56. The summed E-state index contributed by atoms with van der Waals surface area (Å²) < 4.78 is 38.4. The third-order valence-electron chi connectivity index (χ3n) is 4.49. The minimum atomic E-state index is -4.19. The molecule has 2 aliphatic heterocycles. The maximum atomic E-state index is 12.8. The van der Waals surface area contributed by atoms with Crippen LogP contribution in [-0.4, -0.2) is 54.0 Å². The molecule has 0 spiro atoms. The summed E-state index contributed by atoms with van der Waals surface area (Å²) in [5.74, 6) is -2.05. The molecule has 0 N–H and O–H groups in total. The number of halogens is 3. The van der Waals surface area contributed by atoms with Gasteiger partial charge in [0.2, 0.25) is 0 Å². The Morgan fingerprint density at radius 1 is 1.04 bits per heavy atom. The van der Waals surface area contributed by atoms with Crippen LogP contribution in [0.1, 0.15) is 33.6 Å². The summed E-state index contributed by atoms with van der Waals surface area (Å²) in [5, 5.41) is 0. The number of carbonyl (C=O) groups excluding carboxylic acids is 2. The van der Waals surface area contributed by atoms with Crippen LogP contribution < -0.4 is 0 Å². The highest BCUT2D eigenvalue weighted by molar-refractivity contribution is 6.21. The maximum Gasteiger partial charge on any atom is 0.393 e. The molecule has 1 fully saturated rings. The van der Waals surface area contributed by atoms with E-state index in [9.17, 15) is 22.8 Å². The molecule has 23 heavy (non-hydrogen) atoms. The summed E-state index contributed by atoms with van der Waals surface area (Å²) in [7, 11) is 0. The third kappa shape index (κ3) is 3.10. The maximum absolute atomic E-state index is 12.8. The van der Waals surface area contributed by atoms with Crippen LogP contribution in [0.15, 0.2) is 24.3 Å². The fourth-order valence-electron chi connectivity index (χ4n) is 3.21. The van der Waals surface area contributed by atoms with Crippen LogP contribution in [0.25, 0.3) is 0 Å². The van der Waals surface area contributed by atoms with Gasteiger partial charge in [0.05, 0.1) is 17.0 Å². The van der Waals surface area contributed by atoms with Crippen LogP contribution in [0.4, 0.5) is 13.2 Å². The predicted octanol–water partition coefficient (Wildman–Crippen LogP) is 2.56. The highest BCUT2D eigenvalue weighted by Crippen LogP contribution is 2.33. The van der Waals surface area contributed by atoms with Gasteiger partial charge in [-0.15, -0.1) is 0 Å². The summed E-state index contributed by atoms with van der Waals surface area (Å²) in [4.78, 5) is 27.2. The van der Waals surface area contributed by atoms with E-state index in [2.05, 4.69) is 0 Å². The number of amides is 2. The highest BCUT2D eigenvalue weighted by Gasteiger charge is 2.42. The third-order valence-corrected chi connectivity index (χ3v) is 4.49. The zero-order valence-corrected chi connectivity index (χ0v) is 12.5.